The van der Waals surface area contributed by atoms with Gasteiger partial charge in [0.1, 0.15) is 0 Å². The number of nitriles is 1. The zero-order chi connectivity index (χ0) is 13.2. The summed E-state index contributed by atoms with van der Waals surface area (Å²) in [6.07, 6.45) is -4.24. The van der Waals surface area contributed by atoms with Crippen molar-refractivity contribution >= 4 is 5.78 Å². The van der Waals surface area contributed by atoms with Crippen LogP contribution in [0.3, 0.4) is 0 Å². The quantitative estimate of drug-likeness (QED) is 0.745. The van der Waals surface area contributed by atoms with Crippen LogP contribution in [0.2, 0.25) is 0 Å². The van der Waals surface area contributed by atoms with E-state index in [4.69, 9.17) is 5.26 Å². The third-order valence-corrected chi connectivity index (χ3v) is 2.40. The summed E-state index contributed by atoms with van der Waals surface area (Å²) in [5, 5.41) is 8.81. The van der Waals surface area contributed by atoms with Gasteiger partial charge in [-0.2, -0.15) is 18.4 Å². The summed E-state index contributed by atoms with van der Waals surface area (Å²) in [6.45, 7) is 2.88. The van der Waals surface area contributed by atoms with Crippen LogP contribution >= 0.6 is 0 Å². The van der Waals surface area contributed by atoms with Crippen LogP contribution in [0.4, 0.5) is 13.2 Å². The van der Waals surface area contributed by atoms with Crippen molar-refractivity contribution in [3.63, 3.8) is 0 Å². The molecule has 0 unspecified atom stereocenters. The average molecular weight is 241 g/mol. The molecule has 0 radical (unpaired) electrons. The number of nitrogens with zero attached hydrogens (tertiary/aromatic N) is 1. The van der Waals surface area contributed by atoms with Gasteiger partial charge in [-0.1, -0.05) is 6.92 Å². The number of aryl methyl sites for hydroxylation is 1. The number of hydrogen-bond donors (Lipinski definition) is 0. The zero-order valence-electron chi connectivity index (χ0n) is 9.35. The lowest BCUT2D eigenvalue weighted by Crippen LogP contribution is -2.10. The molecule has 0 fully saturated rings. The Morgan fingerprint density at radius 2 is 2.00 bits per heavy atom. The lowest BCUT2D eigenvalue weighted by atomic mass is 9.94. The summed E-state index contributed by atoms with van der Waals surface area (Å²) < 4.78 is 37.7. The van der Waals surface area contributed by atoms with Crippen LogP contribution < -0.4 is 0 Å². The van der Waals surface area contributed by atoms with E-state index in [0.29, 0.717) is 0 Å². The first-order chi connectivity index (χ1) is 7.81. The fourth-order valence-electron chi connectivity index (χ4n) is 1.65. The molecule has 0 amide bonds. The summed E-state index contributed by atoms with van der Waals surface area (Å²) in [7, 11) is 0. The van der Waals surface area contributed by atoms with Gasteiger partial charge in [-0.25, -0.2) is 0 Å². The fourth-order valence-corrected chi connectivity index (χ4v) is 1.65. The van der Waals surface area contributed by atoms with E-state index in [1.807, 2.05) is 0 Å². The molecule has 0 saturated heterocycles. The van der Waals surface area contributed by atoms with E-state index >= 15 is 0 Å². The monoisotopic (exact) mass is 241 g/mol. The molecule has 0 atom stereocenters. The third-order valence-electron chi connectivity index (χ3n) is 2.40. The van der Waals surface area contributed by atoms with Gasteiger partial charge in [0.15, 0.2) is 5.78 Å². The molecular formula is C12H10F3NO. The lowest BCUT2D eigenvalue weighted by Gasteiger charge is -2.12. The van der Waals surface area contributed by atoms with Crippen molar-refractivity contribution in [3.8, 4) is 6.07 Å². The minimum Gasteiger partial charge on any atom is -0.294 e. The first kappa shape index (κ1) is 13.2. The van der Waals surface area contributed by atoms with Crippen molar-refractivity contribution in [2.75, 3.05) is 0 Å². The highest BCUT2D eigenvalue weighted by Crippen LogP contribution is 2.32. The molecule has 2 nitrogen and oxygen atoms in total. The maximum Gasteiger partial charge on any atom is 0.416 e. The average Bonchev–Trinajstić information content (AvgIpc) is 2.25. The van der Waals surface area contributed by atoms with Crippen LogP contribution in [0.5, 0.6) is 0 Å². The number of alkyl halides is 3. The number of ketones is 1. The van der Waals surface area contributed by atoms with E-state index in [0.717, 1.165) is 12.1 Å². The molecule has 0 aliphatic rings. The Balaban J connectivity index is 3.58. The summed E-state index contributed by atoms with van der Waals surface area (Å²) in [5.41, 5.74) is -0.771. The van der Waals surface area contributed by atoms with Gasteiger partial charge in [-0.15, -0.1) is 0 Å². The summed E-state index contributed by atoms with van der Waals surface area (Å²) in [5.74, 6) is -0.396. The molecular weight excluding hydrogens is 231 g/mol. The van der Waals surface area contributed by atoms with Gasteiger partial charge in [-0.3, -0.25) is 4.79 Å². The van der Waals surface area contributed by atoms with Crippen molar-refractivity contribution in [2.45, 2.75) is 26.4 Å². The highest BCUT2D eigenvalue weighted by molar-refractivity contribution is 5.98. The van der Waals surface area contributed by atoms with Crippen molar-refractivity contribution < 1.29 is 18.0 Å². The minimum absolute atomic E-state index is 0.0861. The van der Waals surface area contributed by atoms with E-state index in [1.54, 1.807) is 13.0 Å². The van der Waals surface area contributed by atoms with E-state index in [-0.39, 0.29) is 23.1 Å². The Kier molecular flexibility index (Phi) is 3.56. The van der Waals surface area contributed by atoms with Gasteiger partial charge in [-0.05, 0) is 31.0 Å². The summed E-state index contributed by atoms with van der Waals surface area (Å²) in [4.78, 5) is 11.3. The molecule has 1 aromatic carbocycles. The third kappa shape index (κ3) is 2.64. The molecule has 1 rings (SSSR count). The predicted molar refractivity (Wildman–Crippen MR) is 55.5 cm³/mol. The van der Waals surface area contributed by atoms with Crippen molar-refractivity contribution in [2.24, 2.45) is 0 Å². The number of carbonyl (C=O) groups excluding carboxylic acids is 1. The molecule has 1 aromatic rings. The highest BCUT2D eigenvalue weighted by Gasteiger charge is 2.32. The molecule has 0 spiro atoms. The Bertz CT molecular complexity index is 498. The molecule has 5 heteroatoms. The second kappa shape index (κ2) is 4.58. The van der Waals surface area contributed by atoms with E-state index < -0.39 is 17.5 Å². The predicted octanol–water partition coefficient (Wildman–Crippen LogP) is 3.34. The summed E-state index contributed by atoms with van der Waals surface area (Å²) in [6, 6.07) is 3.29. The fraction of sp³-hybridized carbons (Fsp3) is 0.333. The van der Waals surface area contributed by atoms with Gasteiger partial charge in [0.2, 0.25) is 0 Å². The van der Waals surface area contributed by atoms with Crippen LogP contribution in [0.25, 0.3) is 0 Å². The molecule has 0 aliphatic carbocycles. The highest BCUT2D eigenvalue weighted by atomic mass is 19.4. The van der Waals surface area contributed by atoms with Gasteiger partial charge >= 0.3 is 6.18 Å². The Labute approximate surface area is 96.7 Å². The van der Waals surface area contributed by atoms with E-state index in [2.05, 4.69) is 0 Å². The number of hydrogen-bond acceptors (Lipinski definition) is 2. The van der Waals surface area contributed by atoms with Gasteiger partial charge in [0, 0.05) is 5.56 Å². The number of halogens is 3. The van der Waals surface area contributed by atoms with Crippen molar-refractivity contribution in [3.05, 3.63) is 34.4 Å². The molecule has 0 aromatic heterocycles. The number of carbonyl (C=O) groups is 1. The minimum atomic E-state index is -4.51. The maximum atomic E-state index is 12.6. The van der Waals surface area contributed by atoms with E-state index in [1.165, 1.54) is 6.92 Å². The lowest BCUT2D eigenvalue weighted by molar-refractivity contribution is -0.137. The van der Waals surface area contributed by atoms with Crippen LogP contribution in [0, 0.1) is 11.3 Å². The maximum absolute atomic E-state index is 12.6. The van der Waals surface area contributed by atoms with Crippen LogP contribution in [-0.4, -0.2) is 5.78 Å². The Hall–Kier alpha value is -1.83. The molecule has 0 bridgehead atoms. The number of Topliss-reactive ketones (excluding diaryl/α,β-unsaturated/α-hetero) is 1. The van der Waals surface area contributed by atoms with Gasteiger partial charge in [0.05, 0.1) is 17.2 Å². The number of benzene rings is 1. The van der Waals surface area contributed by atoms with Crippen molar-refractivity contribution in [1.29, 1.82) is 5.26 Å². The molecule has 0 saturated carbocycles. The second-order valence-electron chi connectivity index (χ2n) is 3.58. The van der Waals surface area contributed by atoms with Crippen LogP contribution in [0.1, 0.15) is 40.9 Å². The zero-order valence-corrected chi connectivity index (χ0v) is 9.35. The second-order valence-corrected chi connectivity index (χ2v) is 3.58. The normalized spacial score (nSPS) is 11.1. The Morgan fingerprint density at radius 3 is 2.35 bits per heavy atom. The van der Waals surface area contributed by atoms with Gasteiger partial charge < -0.3 is 0 Å². The van der Waals surface area contributed by atoms with Crippen LogP contribution in [0.15, 0.2) is 12.1 Å². The standard InChI is InChI=1S/C12H10F3NO/c1-3-8-4-10(12(13,14)15)5-9(6-16)11(8)7(2)17/h4-5H,3H2,1-2H3. The van der Waals surface area contributed by atoms with Crippen molar-refractivity contribution in [1.82, 2.24) is 0 Å². The molecule has 90 valence electrons. The molecule has 0 heterocycles. The largest absolute Gasteiger partial charge is 0.416 e. The SMILES string of the molecule is CCc1cc(C(F)(F)F)cc(C#N)c1C(C)=O. The van der Waals surface area contributed by atoms with Gasteiger partial charge in [0.25, 0.3) is 0 Å². The molecule has 17 heavy (non-hydrogen) atoms. The molecule has 0 aliphatic heterocycles. The number of rotatable bonds is 2. The summed E-state index contributed by atoms with van der Waals surface area (Å²) >= 11 is 0. The molecule has 0 N–H and O–H groups in total. The first-order valence-corrected chi connectivity index (χ1v) is 4.96. The van der Waals surface area contributed by atoms with E-state index in [9.17, 15) is 18.0 Å². The topological polar surface area (TPSA) is 40.9 Å². The Morgan fingerprint density at radius 1 is 1.41 bits per heavy atom. The first-order valence-electron chi connectivity index (χ1n) is 4.96. The van der Waals surface area contributed by atoms with Crippen LogP contribution in [-0.2, 0) is 12.6 Å². The smallest absolute Gasteiger partial charge is 0.294 e.